The molecule has 564 valence electrons. The number of nitrogens with zero attached hydrogens (tertiary/aromatic N) is 8. The van der Waals surface area contributed by atoms with Crippen LogP contribution in [-0.4, -0.2) is 170 Å². The number of amides is 5. The number of hydrogen-bond acceptors (Lipinski definition) is 15. The van der Waals surface area contributed by atoms with Gasteiger partial charge in [0.15, 0.2) is 5.78 Å². The molecular weight excluding hydrogens is 1400 g/mol. The summed E-state index contributed by atoms with van der Waals surface area (Å²) in [6.45, 7) is 20.1. The molecule has 1 unspecified atom stereocenters. The van der Waals surface area contributed by atoms with Crippen molar-refractivity contribution < 1.29 is 55.1 Å². The first kappa shape index (κ1) is 79.4. The Labute approximate surface area is 627 Å². The summed E-state index contributed by atoms with van der Waals surface area (Å²) in [5.74, 6) is -1.15. The molecular formula is C82H98N11O12S2+. The average Bonchev–Trinajstić information content (AvgIpc) is 1.00. The molecule has 0 bridgehead atoms. The van der Waals surface area contributed by atoms with Gasteiger partial charge >= 0.3 is 0 Å². The van der Waals surface area contributed by atoms with Crippen molar-refractivity contribution in [1.29, 1.82) is 0 Å². The van der Waals surface area contributed by atoms with E-state index in [-0.39, 0.29) is 95.3 Å². The second kappa shape index (κ2) is 36.4. The SMILES string of the molecule is CCN(CC)c1ccc2c(-c3ccccc3C(=O)N3CCN(C(=O)CCC(=O)NCCCCCC(=O)N[C@@H](Cc4ccc(C(=O)c5ccccc5)cc4)C(=O)NCc4cn([C@@H](C)C(O)CN(CC(C)C)S(=O)(=O)c5cccc(S(=O)(=O)c6ccc(C)cc6)c5)nn4)CC3)c3ccc(=[N+](CC)CC)cc-3oc2c1. The number of ketones is 1. The van der Waals surface area contributed by atoms with Gasteiger partial charge in [-0.1, -0.05) is 122 Å². The van der Waals surface area contributed by atoms with Gasteiger partial charge < -0.3 is 40.2 Å². The molecule has 2 aliphatic heterocycles. The van der Waals surface area contributed by atoms with Crippen LogP contribution in [0.2, 0.25) is 0 Å². The monoisotopic (exact) mass is 1490 g/mol. The number of anilines is 1. The Morgan fingerprint density at radius 3 is 2.03 bits per heavy atom. The fourth-order valence-electron chi connectivity index (χ4n) is 13.4. The fourth-order valence-corrected chi connectivity index (χ4v) is 16.5. The number of piperazine rings is 1. The number of sulfonamides is 1. The number of benzene rings is 7. The zero-order valence-corrected chi connectivity index (χ0v) is 63.9. The Balaban J connectivity index is 0.698. The summed E-state index contributed by atoms with van der Waals surface area (Å²) in [5.41, 5.74) is 7.71. The average molecular weight is 1490 g/mol. The number of aromatic nitrogens is 3. The second-order valence-corrected chi connectivity index (χ2v) is 31.4. The number of hydrogen-bond donors (Lipinski definition) is 4. The Kier molecular flexibility index (Phi) is 27.0. The highest BCUT2D eigenvalue weighted by molar-refractivity contribution is 7.91. The van der Waals surface area contributed by atoms with Crippen molar-refractivity contribution >= 4 is 71.8 Å². The lowest BCUT2D eigenvalue weighted by Gasteiger charge is -2.35. The zero-order chi connectivity index (χ0) is 76.5. The van der Waals surface area contributed by atoms with Crippen LogP contribution in [-0.2, 0) is 52.0 Å². The molecule has 0 spiro atoms. The summed E-state index contributed by atoms with van der Waals surface area (Å²) in [5, 5.41) is 30.6. The predicted molar refractivity (Wildman–Crippen MR) is 413 cm³/mol. The van der Waals surface area contributed by atoms with Crippen molar-refractivity contribution in [2.75, 3.05) is 76.9 Å². The number of carbonyl (C=O) groups is 6. The minimum atomic E-state index is -4.35. The van der Waals surface area contributed by atoms with E-state index in [1.807, 2.05) is 51.1 Å². The maximum absolute atomic E-state index is 14.7. The van der Waals surface area contributed by atoms with Crippen LogP contribution in [0.5, 0.6) is 0 Å². The van der Waals surface area contributed by atoms with Crippen LogP contribution < -0.4 is 30.8 Å². The number of carbonyl (C=O) groups excluding carboxylic acids is 6. The van der Waals surface area contributed by atoms with Gasteiger partial charge in [0.1, 0.15) is 36.2 Å². The number of sulfone groups is 1. The smallest absolute Gasteiger partial charge is 0.254 e. The summed E-state index contributed by atoms with van der Waals surface area (Å²) in [4.78, 5) is 87.6. The highest BCUT2D eigenvalue weighted by Gasteiger charge is 2.34. The Bertz CT molecular complexity index is 4890. The maximum atomic E-state index is 14.7. The maximum Gasteiger partial charge on any atom is 0.254 e. The number of aliphatic hydroxyl groups is 1. The summed E-state index contributed by atoms with van der Waals surface area (Å²) in [7, 11) is -8.42. The molecule has 7 aromatic rings. The number of fused-ring (bicyclic) bond motifs is 2. The van der Waals surface area contributed by atoms with E-state index in [4.69, 9.17) is 4.42 Å². The Morgan fingerprint density at radius 2 is 1.33 bits per heavy atom. The van der Waals surface area contributed by atoms with Gasteiger partial charge in [-0.3, -0.25) is 28.8 Å². The van der Waals surface area contributed by atoms with E-state index in [2.05, 4.69) is 99.8 Å². The molecule has 1 saturated heterocycles. The highest BCUT2D eigenvalue weighted by Crippen LogP contribution is 2.43. The molecule has 4 N–H and O–H groups in total. The van der Waals surface area contributed by atoms with Crippen molar-refractivity contribution in [3.8, 4) is 22.5 Å². The molecule has 0 radical (unpaired) electrons. The third kappa shape index (κ3) is 19.7. The van der Waals surface area contributed by atoms with Crippen LogP contribution in [0.1, 0.15) is 136 Å². The summed E-state index contributed by atoms with van der Waals surface area (Å²) in [6.07, 6.45) is 1.87. The van der Waals surface area contributed by atoms with Gasteiger partial charge in [0.25, 0.3) is 5.91 Å². The van der Waals surface area contributed by atoms with E-state index >= 15 is 0 Å². The molecule has 3 heterocycles. The van der Waals surface area contributed by atoms with Crippen molar-refractivity contribution in [2.45, 2.75) is 140 Å². The zero-order valence-electron chi connectivity index (χ0n) is 62.2. The third-order valence-corrected chi connectivity index (χ3v) is 23.2. The van der Waals surface area contributed by atoms with Gasteiger partial charge in [0, 0.05) is 136 Å². The topological polar surface area (TPSA) is 287 Å². The number of nitrogens with one attached hydrogen (secondary N) is 3. The predicted octanol–water partition coefficient (Wildman–Crippen LogP) is 9.88. The van der Waals surface area contributed by atoms with Gasteiger partial charge in [-0.2, -0.15) is 4.31 Å². The normalized spacial score (nSPS) is 13.5. The van der Waals surface area contributed by atoms with E-state index in [1.54, 1.807) is 77.4 Å². The number of aryl methyl sites for hydroxylation is 1. The summed E-state index contributed by atoms with van der Waals surface area (Å²) >= 11 is 0. The molecule has 25 heteroatoms. The van der Waals surface area contributed by atoms with Crippen LogP contribution in [0, 0.1) is 12.8 Å². The van der Waals surface area contributed by atoms with E-state index < -0.39 is 44.0 Å². The Hall–Kier alpha value is -10.2. The molecule has 3 aliphatic rings. The number of rotatable bonds is 34. The molecule has 23 nitrogen and oxygen atoms in total. The first-order valence-corrected chi connectivity index (χ1v) is 39.9. The molecule has 5 amide bonds. The standard InChI is InChI=1S/C82H97N11O12S2/c1-9-88(10-2)63-35-39-70-74(49-63)105-75-50-64(89(11-3)12-4)36-40-71(75)79(70)68-26-18-19-27-69(68)82(100)91-46-44-90(45-47-91)78(97)42-41-76(95)83-43-20-14-17-28-77(96)85-72(48-59-31-33-61(34-32-59)80(98)60-22-15-13-16-23-60)81(99)84-52-62-54-93(87-86-62)58(8)73(94)55-92(53-56(5)6)107(103,104)67-25-21-24-66(51-67)106(101,102)65-37-29-57(7)30-38-65/h13,15-16,18-19,21-27,29-40,49-51,54,56,58,72-73,94H,9-12,14,17,20,28,41-48,52-53,55H2,1-8H3,(H2-,83,84,85,95,96,99)/p+1/t58-,72-,73?/m0/s1. The quantitative estimate of drug-likeness (QED) is 0.0126. The Morgan fingerprint density at radius 1 is 0.645 bits per heavy atom. The van der Waals surface area contributed by atoms with Gasteiger partial charge in [-0.15, -0.1) is 5.10 Å². The first-order chi connectivity index (χ1) is 51.4. The van der Waals surface area contributed by atoms with Crippen molar-refractivity contribution in [1.82, 2.24) is 49.6 Å². The van der Waals surface area contributed by atoms with Crippen molar-refractivity contribution in [3.05, 3.63) is 209 Å². The van der Waals surface area contributed by atoms with Crippen LogP contribution in [0.3, 0.4) is 0 Å². The highest BCUT2D eigenvalue weighted by atomic mass is 32.2. The molecule has 1 aromatic heterocycles. The lowest BCUT2D eigenvalue weighted by molar-refractivity contribution is -0.134. The first-order valence-electron chi connectivity index (χ1n) is 36.9. The van der Waals surface area contributed by atoms with Crippen LogP contribution >= 0.6 is 0 Å². The lowest BCUT2D eigenvalue weighted by Crippen LogP contribution is -2.50. The molecule has 1 aliphatic carbocycles. The van der Waals surface area contributed by atoms with Crippen LogP contribution in [0.25, 0.3) is 33.4 Å². The van der Waals surface area contributed by atoms with Gasteiger partial charge in [-0.25, -0.2) is 26.1 Å². The summed E-state index contributed by atoms with van der Waals surface area (Å²) in [6, 6.07) is 45.4. The van der Waals surface area contributed by atoms with E-state index in [9.17, 15) is 50.7 Å². The second-order valence-electron chi connectivity index (χ2n) is 27.5. The summed E-state index contributed by atoms with van der Waals surface area (Å²) < 4.78 is 67.3. The van der Waals surface area contributed by atoms with Gasteiger partial charge in [0.2, 0.25) is 48.8 Å². The van der Waals surface area contributed by atoms with E-state index in [0.717, 1.165) is 86.6 Å². The molecule has 6 aromatic carbocycles. The van der Waals surface area contributed by atoms with Gasteiger partial charge in [0.05, 0.1) is 45.6 Å². The fraction of sp³-hybridized carbons (Fsp3) is 0.378. The molecule has 10 rings (SSSR count). The van der Waals surface area contributed by atoms with Crippen molar-refractivity contribution in [2.24, 2.45) is 5.92 Å². The lowest BCUT2D eigenvalue weighted by atomic mass is 9.90. The third-order valence-electron chi connectivity index (χ3n) is 19.6. The molecule has 107 heavy (non-hydrogen) atoms. The van der Waals surface area contributed by atoms with Crippen molar-refractivity contribution in [3.63, 3.8) is 0 Å². The largest absolute Gasteiger partial charge is 0.456 e. The van der Waals surface area contributed by atoms with E-state index in [1.165, 1.54) is 41.2 Å². The molecule has 0 saturated carbocycles. The number of aliphatic hydroxyl groups excluding tert-OH is 1. The number of unbranched alkanes of at least 4 members (excludes halogenated alkanes) is 2. The molecule has 1 fully saturated rings. The van der Waals surface area contributed by atoms with Crippen LogP contribution in [0.15, 0.2) is 189 Å². The van der Waals surface area contributed by atoms with Gasteiger partial charge in [-0.05, 0) is 126 Å². The minimum Gasteiger partial charge on any atom is -0.456 e. The minimum absolute atomic E-state index is 0.00350. The van der Waals surface area contributed by atoms with Crippen LogP contribution in [0.4, 0.5) is 5.69 Å². The molecule has 3 atom stereocenters. The van der Waals surface area contributed by atoms with E-state index in [0.29, 0.717) is 79.9 Å².